The van der Waals surface area contributed by atoms with Gasteiger partial charge >= 0.3 is 0 Å². The largest absolute Gasteiger partial charge is 0.338 e. The molecule has 118 valence electrons. The van der Waals surface area contributed by atoms with Crippen LogP contribution >= 0.6 is 0 Å². The van der Waals surface area contributed by atoms with Crippen LogP contribution in [0.2, 0.25) is 0 Å². The fraction of sp³-hybridized carbons (Fsp3) is 0.500. The second-order valence-corrected chi connectivity index (χ2v) is 6.06. The first-order chi connectivity index (χ1) is 10.5. The van der Waals surface area contributed by atoms with E-state index in [1.807, 2.05) is 6.07 Å². The highest BCUT2D eigenvalue weighted by Gasteiger charge is 2.23. The second kappa shape index (κ2) is 6.14. The summed E-state index contributed by atoms with van der Waals surface area (Å²) in [6, 6.07) is 5.43. The maximum absolute atomic E-state index is 13.6. The molecule has 0 spiro atoms. The van der Waals surface area contributed by atoms with Crippen LogP contribution in [0.25, 0.3) is 11.4 Å². The summed E-state index contributed by atoms with van der Waals surface area (Å²) in [5, 5.41) is 3.97. The maximum atomic E-state index is 13.6. The number of benzene rings is 1. The normalized spacial score (nSPS) is 20.5. The Labute approximate surface area is 129 Å². The fourth-order valence-corrected chi connectivity index (χ4v) is 2.75. The number of aromatic nitrogens is 2. The monoisotopic (exact) mass is 304 g/mol. The van der Waals surface area contributed by atoms with Crippen molar-refractivity contribution in [1.29, 1.82) is 0 Å². The van der Waals surface area contributed by atoms with E-state index in [0.717, 1.165) is 19.6 Å². The molecule has 5 nitrogen and oxygen atoms in total. The molecule has 2 aromatic rings. The molecular weight excluding hydrogens is 283 g/mol. The Morgan fingerprint density at radius 2 is 2.18 bits per heavy atom. The third-order valence-corrected chi connectivity index (χ3v) is 4.20. The van der Waals surface area contributed by atoms with E-state index in [-0.39, 0.29) is 5.82 Å². The molecule has 1 aromatic heterocycles. The third kappa shape index (κ3) is 3.18. The van der Waals surface area contributed by atoms with Crippen LogP contribution in [0.15, 0.2) is 22.7 Å². The molecule has 1 saturated heterocycles. The van der Waals surface area contributed by atoms with Crippen LogP contribution in [0.1, 0.15) is 18.4 Å². The van der Waals surface area contributed by atoms with Crippen molar-refractivity contribution >= 4 is 0 Å². The molecule has 0 aliphatic carbocycles. The van der Waals surface area contributed by atoms with Crippen LogP contribution in [-0.4, -0.2) is 52.7 Å². The van der Waals surface area contributed by atoms with E-state index in [9.17, 15) is 4.39 Å². The van der Waals surface area contributed by atoms with Crippen LogP contribution in [0.5, 0.6) is 0 Å². The molecule has 1 fully saturated rings. The highest BCUT2D eigenvalue weighted by molar-refractivity contribution is 5.54. The van der Waals surface area contributed by atoms with E-state index in [1.54, 1.807) is 13.0 Å². The molecule has 1 aromatic carbocycles. The van der Waals surface area contributed by atoms with Crippen molar-refractivity contribution in [3.05, 3.63) is 35.5 Å². The minimum atomic E-state index is -0.253. The molecule has 6 heteroatoms. The lowest BCUT2D eigenvalue weighted by atomic mass is 10.1. The lowest BCUT2D eigenvalue weighted by Gasteiger charge is -2.37. The Morgan fingerprint density at radius 3 is 2.91 bits per heavy atom. The van der Waals surface area contributed by atoms with E-state index in [4.69, 9.17) is 4.52 Å². The van der Waals surface area contributed by atoms with Gasteiger partial charge in [0, 0.05) is 31.2 Å². The summed E-state index contributed by atoms with van der Waals surface area (Å²) in [6.07, 6.45) is 0. The van der Waals surface area contributed by atoms with Gasteiger partial charge in [0.2, 0.25) is 11.7 Å². The van der Waals surface area contributed by atoms with Gasteiger partial charge in [-0.3, -0.25) is 4.90 Å². The molecule has 3 rings (SSSR count). The SMILES string of the molecule is Cc1ccc(-c2noc(CN3CCN(C)CC3C)n2)cc1F. The van der Waals surface area contributed by atoms with Gasteiger partial charge < -0.3 is 9.42 Å². The van der Waals surface area contributed by atoms with Crippen molar-refractivity contribution in [2.75, 3.05) is 26.7 Å². The minimum absolute atomic E-state index is 0.253. The molecule has 2 heterocycles. The zero-order valence-electron chi connectivity index (χ0n) is 13.2. The standard InChI is InChI=1S/C16H21FN4O/c1-11-4-5-13(8-14(11)17)16-18-15(22-19-16)10-21-7-6-20(3)9-12(21)2/h4-5,8,12H,6-7,9-10H2,1-3H3. The van der Waals surface area contributed by atoms with E-state index >= 15 is 0 Å². The Balaban J connectivity index is 1.72. The number of rotatable bonds is 3. The number of aryl methyl sites for hydroxylation is 1. The fourth-order valence-electron chi connectivity index (χ4n) is 2.75. The van der Waals surface area contributed by atoms with Crippen molar-refractivity contribution in [1.82, 2.24) is 19.9 Å². The molecule has 1 aliphatic heterocycles. The average molecular weight is 304 g/mol. The number of hydrogen-bond acceptors (Lipinski definition) is 5. The number of nitrogens with zero attached hydrogens (tertiary/aromatic N) is 4. The molecule has 0 amide bonds. The van der Waals surface area contributed by atoms with Crippen LogP contribution in [0.3, 0.4) is 0 Å². The van der Waals surface area contributed by atoms with Crippen LogP contribution in [0.4, 0.5) is 4.39 Å². The van der Waals surface area contributed by atoms with Crippen molar-refractivity contribution in [3.8, 4) is 11.4 Å². The van der Waals surface area contributed by atoms with Gasteiger partial charge in [-0.05, 0) is 32.5 Å². The van der Waals surface area contributed by atoms with Gasteiger partial charge in [-0.2, -0.15) is 4.98 Å². The molecule has 1 unspecified atom stereocenters. The van der Waals surface area contributed by atoms with Gasteiger partial charge in [0.15, 0.2) is 0 Å². The molecule has 22 heavy (non-hydrogen) atoms. The van der Waals surface area contributed by atoms with Crippen molar-refractivity contribution < 1.29 is 8.91 Å². The molecule has 0 bridgehead atoms. The van der Waals surface area contributed by atoms with Crippen LogP contribution < -0.4 is 0 Å². The number of halogens is 1. The molecule has 0 saturated carbocycles. The maximum Gasteiger partial charge on any atom is 0.241 e. The molecular formula is C16H21FN4O. The minimum Gasteiger partial charge on any atom is -0.338 e. The highest BCUT2D eigenvalue weighted by atomic mass is 19.1. The summed E-state index contributed by atoms with van der Waals surface area (Å²) in [5.41, 5.74) is 1.25. The summed E-state index contributed by atoms with van der Waals surface area (Å²) in [5.74, 6) is 0.764. The first kappa shape index (κ1) is 15.1. The number of likely N-dealkylation sites (N-methyl/N-ethyl adjacent to an activating group) is 1. The first-order valence-corrected chi connectivity index (χ1v) is 7.54. The Kier molecular flexibility index (Phi) is 4.22. The number of piperazine rings is 1. The van der Waals surface area contributed by atoms with E-state index in [1.165, 1.54) is 6.07 Å². The van der Waals surface area contributed by atoms with Gasteiger partial charge in [-0.1, -0.05) is 17.3 Å². The average Bonchev–Trinajstić information content (AvgIpc) is 2.93. The summed E-state index contributed by atoms with van der Waals surface area (Å²) in [7, 11) is 2.13. The van der Waals surface area contributed by atoms with Crippen molar-refractivity contribution in [3.63, 3.8) is 0 Å². The quantitative estimate of drug-likeness (QED) is 0.871. The lowest BCUT2D eigenvalue weighted by molar-refractivity contribution is 0.0837. The Hall–Kier alpha value is -1.79. The van der Waals surface area contributed by atoms with Gasteiger partial charge in [-0.25, -0.2) is 4.39 Å². The van der Waals surface area contributed by atoms with E-state index in [0.29, 0.717) is 35.4 Å². The zero-order valence-corrected chi connectivity index (χ0v) is 13.2. The van der Waals surface area contributed by atoms with Gasteiger partial charge in [-0.15, -0.1) is 0 Å². The Morgan fingerprint density at radius 1 is 1.36 bits per heavy atom. The topological polar surface area (TPSA) is 45.4 Å². The van der Waals surface area contributed by atoms with Gasteiger partial charge in [0.25, 0.3) is 0 Å². The first-order valence-electron chi connectivity index (χ1n) is 7.54. The lowest BCUT2D eigenvalue weighted by Crippen LogP contribution is -2.49. The number of hydrogen-bond donors (Lipinski definition) is 0. The van der Waals surface area contributed by atoms with E-state index < -0.39 is 0 Å². The molecule has 1 aliphatic rings. The highest BCUT2D eigenvalue weighted by Crippen LogP contribution is 2.20. The summed E-state index contributed by atoms with van der Waals surface area (Å²) in [6.45, 7) is 7.61. The Bertz CT molecular complexity index is 657. The summed E-state index contributed by atoms with van der Waals surface area (Å²) >= 11 is 0. The smallest absolute Gasteiger partial charge is 0.241 e. The predicted octanol–water partition coefficient (Wildman–Crippen LogP) is 2.32. The molecule has 0 radical (unpaired) electrons. The van der Waals surface area contributed by atoms with Crippen molar-refractivity contribution in [2.24, 2.45) is 0 Å². The second-order valence-electron chi connectivity index (χ2n) is 6.06. The summed E-state index contributed by atoms with van der Waals surface area (Å²) in [4.78, 5) is 9.04. The van der Waals surface area contributed by atoms with Gasteiger partial charge in [0.05, 0.1) is 6.54 Å². The molecule has 1 atom stereocenters. The predicted molar refractivity (Wildman–Crippen MR) is 81.8 cm³/mol. The van der Waals surface area contributed by atoms with Crippen LogP contribution in [0, 0.1) is 12.7 Å². The third-order valence-electron chi connectivity index (χ3n) is 4.20. The van der Waals surface area contributed by atoms with Gasteiger partial charge in [0.1, 0.15) is 5.82 Å². The van der Waals surface area contributed by atoms with Crippen LogP contribution in [-0.2, 0) is 6.54 Å². The molecule has 0 N–H and O–H groups in total. The summed E-state index contributed by atoms with van der Waals surface area (Å²) < 4.78 is 19.0. The zero-order chi connectivity index (χ0) is 15.7. The van der Waals surface area contributed by atoms with E-state index in [2.05, 4.69) is 33.9 Å². The van der Waals surface area contributed by atoms with Crippen molar-refractivity contribution in [2.45, 2.75) is 26.4 Å².